The van der Waals surface area contributed by atoms with Crippen LogP contribution in [0.3, 0.4) is 0 Å². The number of ether oxygens (including phenoxy) is 1. The Morgan fingerprint density at radius 2 is 1.82 bits per heavy atom. The van der Waals surface area contributed by atoms with Crippen molar-refractivity contribution in [1.82, 2.24) is 5.32 Å². The van der Waals surface area contributed by atoms with Crippen molar-refractivity contribution in [1.29, 1.82) is 0 Å². The van der Waals surface area contributed by atoms with E-state index in [-0.39, 0.29) is 17.9 Å². The summed E-state index contributed by atoms with van der Waals surface area (Å²) in [5, 5.41) is 6.59. The van der Waals surface area contributed by atoms with Crippen LogP contribution < -0.4 is 15.5 Å². The number of rotatable bonds is 6. The maximum Gasteiger partial charge on any atom is 0.255 e. The molecular formula is C25H29Cl2N3O3. The lowest BCUT2D eigenvalue weighted by Gasteiger charge is -2.33. The average molecular weight is 490 g/mol. The van der Waals surface area contributed by atoms with E-state index in [1.165, 1.54) is 6.07 Å². The monoisotopic (exact) mass is 489 g/mol. The maximum absolute atomic E-state index is 13.2. The third-order valence-corrected chi connectivity index (χ3v) is 7.06. The fourth-order valence-electron chi connectivity index (χ4n) is 4.27. The minimum atomic E-state index is -0.321. The number of carbonyl (C=O) groups is 2. The van der Waals surface area contributed by atoms with E-state index >= 15 is 0 Å². The van der Waals surface area contributed by atoms with Crippen LogP contribution in [-0.4, -0.2) is 44.2 Å². The second-order valence-electron chi connectivity index (χ2n) is 8.83. The van der Waals surface area contributed by atoms with Gasteiger partial charge in [-0.2, -0.15) is 0 Å². The molecule has 0 bridgehead atoms. The zero-order valence-corrected chi connectivity index (χ0v) is 20.2. The number of halogens is 2. The Balaban J connectivity index is 1.54. The highest BCUT2D eigenvalue weighted by Crippen LogP contribution is 2.29. The Kier molecular flexibility index (Phi) is 7.78. The molecule has 2 amide bonds. The molecule has 176 valence electrons. The van der Waals surface area contributed by atoms with Crippen molar-refractivity contribution in [2.45, 2.75) is 38.7 Å². The summed E-state index contributed by atoms with van der Waals surface area (Å²) in [5.74, 6) is 0.200. The Bertz CT molecular complexity index is 1020. The maximum atomic E-state index is 13.2. The van der Waals surface area contributed by atoms with E-state index in [9.17, 15) is 9.59 Å². The fourth-order valence-corrected chi connectivity index (χ4v) is 4.57. The Hall–Kier alpha value is -2.28. The molecule has 2 N–H and O–H groups in total. The Morgan fingerprint density at radius 1 is 1.03 bits per heavy atom. The molecule has 2 fully saturated rings. The third-order valence-electron chi connectivity index (χ3n) is 6.32. The smallest absolute Gasteiger partial charge is 0.255 e. The first kappa shape index (κ1) is 23.9. The van der Waals surface area contributed by atoms with Crippen LogP contribution in [-0.2, 0) is 4.74 Å². The van der Waals surface area contributed by atoms with Gasteiger partial charge in [0.1, 0.15) is 0 Å². The first-order valence-electron chi connectivity index (χ1n) is 11.5. The van der Waals surface area contributed by atoms with Crippen molar-refractivity contribution in [3.63, 3.8) is 0 Å². The highest BCUT2D eigenvalue weighted by Gasteiger charge is 2.23. The summed E-state index contributed by atoms with van der Waals surface area (Å²) in [6.07, 6.45) is 4.22. The normalized spacial score (nSPS) is 18.9. The summed E-state index contributed by atoms with van der Waals surface area (Å²) in [5.41, 5.74) is 2.37. The molecule has 0 aromatic heterocycles. The van der Waals surface area contributed by atoms with Gasteiger partial charge >= 0.3 is 0 Å². The van der Waals surface area contributed by atoms with Gasteiger partial charge in [-0.05, 0) is 68.0 Å². The molecule has 2 saturated heterocycles. The lowest BCUT2D eigenvalue weighted by atomic mass is 9.97. The van der Waals surface area contributed by atoms with Gasteiger partial charge in [0.05, 0.1) is 21.7 Å². The zero-order valence-electron chi connectivity index (χ0n) is 18.7. The van der Waals surface area contributed by atoms with Crippen LogP contribution in [0.5, 0.6) is 0 Å². The van der Waals surface area contributed by atoms with Gasteiger partial charge in [0, 0.05) is 43.2 Å². The molecule has 2 aliphatic heterocycles. The van der Waals surface area contributed by atoms with Crippen LogP contribution in [0, 0.1) is 5.92 Å². The summed E-state index contributed by atoms with van der Waals surface area (Å²) >= 11 is 12.0. The van der Waals surface area contributed by atoms with Crippen LogP contribution in [0.2, 0.25) is 10.0 Å². The molecule has 2 heterocycles. The molecule has 4 rings (SSSR count). The van der Waals surface area contributed by atoms with Gasteiger partial charge in [0.15, 0.2) is 0 Å². The predicted octanol–water partition coefficient (Wildman–Crippen LogP) is 5.39. The lowest BCUT2D eigenvalue weighted by molar-refractivity contribution is 0.0858. The summed E-state index contributed by atoms with van der Waals surface area (Å²) in [6.45, 7) is 5.29. The molecule has 33 heavy (non-hydrogen) atoms. The summed E-state index contributed by atoms with van der Waals surface area (Å²) in [6, 6.07) is 10.2. The van der Waals surface area contributed by atoms with E-state index < -0.39 is 0 Å². The summed E-state index contributed by atoms with van der Waals surface area (Å²) in [7, 11) is 0. The first-order chi connectivity index (χ1) is 15.9. The number of amides is 2. The van der Waals surface area contributed by atoms with Gasteiger partial charge in [-0.1, -0.05) is 30.1 Å². The number of hydrogen-bond acceptors (Lipinski definition) is 4. The van der Waals surface area contributed by atoms with Crippen molar-refractivity contribution in [3.05, 3.63) is 57.6 Å². The molecule has 1 unspecified atom stereocenters. The molecule has 0 radical (unpaired) electrons. The van der Waals surface area contributed by atoms with Crippen molar-refractivity contribution in [3.8, 4) is 0 Å². The van der Waals surface area contributed by atoms with Crippen molar-refractivity contribution < 1.29 is 14.3 Å². The van der Waals surface area contributed by atoms with E-state index in [4.69, 9.17) is 27.9 Å². The molecule has 6 nitrogen and oxygen atoms in total. The minimum Gasteiger partial charge on any atom is -0.376 e. The lowest BCUT2D eigenvalue weighted by Crippen LogP contribution is -2.36. The molecule has 2 aromatic carbocycles. The van der Waals surface area contributed by atoms with E-state index in [0.29, 0.717) is 39.3 Å². The Morgan fingerprint density at radius 3 is 2.52 bits per heavy atom. The molecule has 0 spiro atoms. The molecule has 2 aromatic rings. The summed E-state index contributed by atoms with van der Waals surface area (Å²) < 4.78 is 5.64. The molecule has 2 aliphatic rings. The van der Waals surface area contributed by atoms with E-state index in [1.807, 2.05) is 12.1 Å². The van der Waals surface area contributed by atoms with Gasteiger partial charge in [-0.3, -0.25) is 9.59 Å². The van der Waals surface area contributed by atoms with Crippen LogP contribution in [0.25, 0.3) is 0 Å². The number of nitrogens with one attached hydrogen (secondary N) is 2. The van der Waals surface area contributed by atoms with Crippen molar-refractivity contribution in [2.75, 3.05) is 36.5 Å². The van der Waals surface area contributed by atoms with Gasteiger partial charge in [0.25, 0.3) is 11.8 Å². The molecule has 0 aliphatic carbocycles. The fraction of sp³-hybridized carbons (Fsp3) is 0.440. The number of hydrogen-bond donors (Lipinski definition) is 2. The predicted molar refractivity (Wildman–Crippen MR) is 133 cm³/mol. The molecule has 0 saturated carbocycles. The van der Waals surface area contributed by atoms with Crippen LogP contribution in [0.4, 0.5) is 11.4 Å². The van der Waals surface area contributed by atoms with Crippen LogP contribution in [0.15, 0.2) is 36.4 Å². The first-order valence-corrected chi connectivity index (χ1v) is 12.2. The number of carbonyl (C=O) groups excluding carboxylic acids is 2. The second kappa shape index (κ2) is 10.8. The standard InChI is InChI=1S/C25H29Cl2N3O3/c1-16-8-10-30(11-9-16)23-7-5-18(29-24(31)17-4-6-21(26)22(27)13-17)14-20(23)25(32)28-15-19-3-2-12-33-19/h4-7,13-14,16,19H,2-3,8-12,15H2,1H3,(H,28,32)(H,29,31). The highest BCUT2D eigenvalue weighted by molar-refractivity contribution is 6.42. The van der Waals surface area contributed by atoms with Gasteiger partial charge in [0.2, 0.25) is 0 Å². The SMILES string of the molecule is CC1CCN(c2ccc(NC(=O)c3ccc(Cl)c(Cl)c3)cc2C(=O)NCC2CCCO2)CC1. The average Bonchev–Trinajstić information content (AvgIpc) is 3.33. The quantitative estimate of drug-likeness (QED) is 0.570. The third kappa shape index (κ3) is 5.99. The van der Waals surface area contributed by atoms with Gasteiger partial charge in [-0.15, -0.1) is 0 Å². The van der Waals surface area contributed by atoms with Gasteiger partial charge in [-0.25, -0.2) is 0 Å². The summed E-state index contributed by atoms with van der Waals surface area (Å²) in [4.78, 5) is 28.2. The largest absolute Gasteiger partial charge is 0.376 e. The molecular weight excluding hydrogens is 461 g/mol. The number of nitrogens with zero attached hydrogens (tertiary/aromatic N) is 1. The van der Waals surface area contributed by atoms with E-state index in [2.05, 4.69) is 22.5 Å². The topological polar surface area (TPSA) is 70.7 Å². The van der Waals surface area contributed by atoms with Crippen molar-refractivity contribution in [2.24, 2.45) is 5.92 Å². The molecule has 1 atom stereocenters. The number of anilines is 2. The molecule has 8 heteroatoms. The second-order valence-corrected chi connectivity index (χ2v) is 9.64. The Labute approximate surface area is 204 Å². The zero-order chi connectivity index (χ0) is 23.4. The van der Waals surface area contributed by atoms with E-state index in [0.717, 1.165) is 51.1 Å². The van der Waals surface area contributed by atoms with E-state index in [1.54, 1.807) is 18.2 Å². The van der Waals surface area contributed by atoms with Crippen LogP contribution >= 0.6 is 23.2 Å². The van der Waals surface area contributed by atoms with Crippen molar-refractivity contribution >= 4 is 46.4 Å². The number of benzene rings is 2. The highest BCUT2D eigenvalue weighted by atomic mass is 35.5. The minimum absolute atomic E-state index is 0.0609. The van der Waals surface area contributed by atoms with Crippen LogP contribution in [0.1, 0.15) is 53.3 Å². The number of piperidine rings is 1. The van der Waals surface area contributed by atoms with Gasteiger partial charge < -0.3 is 20.3 Å².